The van der Waals surface area contributed by atoms with Crippen LogP contribution in [-0.2, 0) is 11.2 Å². The minimum Gasteiger partial charge on any atom is -0.391 e. The number of amides is 1. The van der Waals surface area contributed by atoms with Crippen molar-refractivity contribution >= 4 is 5.91 Å². The number of likely N-dealkylation sites (N-methyl/N-ethyl adjacent to an activating group) is 1. The fourth-order valence-electron chi connectivity index (χ4n) is 3.96. The minimum atomic E-state index is -0.355. The van der Waals surface area contributed by atoms with Crippen LogP contribution >= 0.6 is 0 Å². The van der Waals surface area contributed by atoms with E-state index in [-0.39, 0.29) is 24.0 Å². The van der Waals surface area contributed by atoms with E-state index >= 15 is 0 Å². The lowest BCUT2D eigenvalue weighted by atomic mass is 9.81. The van der Waals surface area contributed by atoms with Crippen LogP contribution in [0.25, 0.3) is 0 Å². The molecule has 2 aliphatic carbocycles. The number of hydrogen-bond donors (Lipinski definition) is 1. The summed E-state index contributed by atoms with van der Waals surface area (Å²) < 4.78 is 0. The van der Waals surface area contributed by atoms with E-state index in [1.807, 2.05) is 18.0 Å². The molecule has 3 rings (SSSR count). The Bertz CT molecular complexity index is 514. The molecular weight excluding hydrogens is 262 g/mol. The van der Waals surface area contributed by atoms with Crippen LogP contribution < -0.4 is 0 Å². The standard InChI is InChI=1S/C18H25NO2/c1-19(16-11-4-5-12-17(16)20)18(21)15-10-6-8-13-7-2-3-9-14(13)15/h2-3,7,9,15-17,20H,4-6,8,10-12H2,1H3. The second-order valence-corrected chi connectivity index (χ2v) is 6.51. The largest absolute Gasteiger partial charge is 0.391 e. The molecule has 2 aliphatic rings. The first kappa shape index (κ1) is 14.6. The number of carbonyl (C=O) groups is 1. The summed E-state index contributed by atoms with van der Waals surface area (Å²) in [6, 6.07) is 8.33. The van der Waals surface area contributed by atoms with Crippen LogP contribution in [0.2, 0.25) is 0 Å². The Kier molecular flexibility index (Phi) is 4.29. The summed E-state index contributed by atoms with van der Waals surface area (Å²) in [7, 11) is 1.87. The highest BCUT2D eigenvalue weighted by molar-refractivity contribution is 5.84. The van der Waals surface area contributed by atoms with E-state index in [2.05, 4.69) is 18.2 Å². The Morgan fingerprint density at radius 1 is 1.14 bits per heavy atom. The van der Waals surface area contributed by atoms with Gasteiger partial charge in [0.05, 0.1) is 18.1 Å². The van der Waals surface area contributed by atoms with Gasteiger partial charge < -0.3 is 10.0 Å². The van der Waals surface area contributed by atoms with E-state index in [9.17, 15) is 9.90 Å². The van der Waals surface area contributed by atoms with Gasteiger partial charge in [-0.05, 0) is 43.2 Å². The zero-order chi connectivity index (χ0) is 14.8. The number of fused-ring (bicyclic) bond motifs is 1. The third-order valence-electron chi connectivity index (χ3n) is 5.21. The molecular formula is C18H25NO2. The predicted molar refractivity (Wildman–Crippen MR) is 83.2 cm³/mol. The number of rotatable bonds is 2. The first-order valence-corrected chi connectivity index (χ1v) is 8.21. The number of hydrogen-bond acceptors (Lipinski definition) is 2. The van der Waals surface area contributed by atoms with Crippen LogP contribution in [-0.4, -0.2) is 35.1 Å². The summed E-state index contributed by atoms with van der Waals surface area (Å²) in [4.78, 5) is 14.8. The molecule has 1 aromatic rings. The molecule has 0 spiro atoms. The molecule has 114 valence electrons. The summed E-state index contributed by atoms with van der Waals surface area (Å²) in [6.45, 7) is 0. The molecule has 3 unspecified atom stereocenters. The zero-order valence-electron chi connectivity index (χ0n) is 12.8. The summed E-state index contributed by atoms with van der Waals surface area (Å²) in [5.41, 5.74) is 2.52. The van der Waals surface area contributed by atoms with Crippen molar-refractivity contribution in [3.8, 4) is 0 Å². The van der Waals surface area contributed by atoms with Crippen LogP contribution in [0.3, 0.4) is 0 Å². The van der Waals surface area contributed by atoms with Gasteiger partial charge in [0, 0.05) is 7.05 Å². The van der Waals surface area contributed by atoms with Gasteiger partial charge in [-0.15, -0.1) is 0 Å². The molecule has 0 bridgehead atoms. The topological polar surface area (TPSA) is 40.5 Å². The Balaban J connectivity index is 1.79. The van der Waals surface area contributed by atoms with Gasteiger partial charge in [0.1, 0.15) is 0 Å². The van der Waals surface area contributed by atoms with Crippen molar-refractivity contribution in [1.82, 2.24) is 4.90 Å². The Morgan fingerprint density at radius 3 is 2.71 bits per heavy atom. The first-order valence-electron chi connectivity index (χ1n) is 8.21. The second-order valence-electron chi connectivity index (χ2n) is 6.51. The van der Waals surface area contributed by atoms with Gasteiger partial charge in [0.25, 0.3) is 0 Å². The number of aliphatic hydroxyl groups excluding tert-OH is 1. The molecule has 1 fully saturated rings. The van der Waals surface area contributed by atoms with Gasteiger partial charge in [-0.3, -0.25) is 4.79 Å². The predicted octanol–water partition coefficient (Wildman–Crippen LogP) is 2.87. The number of aliphatic hydroxyl groups is 1. The van der Waals surface area contributed by atoms with Crippen molar-refractivity contribution in [3.05, 3.63) is 35.4 Å². The first-order chi connectivity index (χ1) is 10.2. The molecule has 0 saturated heterocycles. The molecule has 0 aliphatic heterocycles. The lowest BCUT2D eigenvalue weighted by Gasteiger charge is -2.38. The second kappa shape index (κ2) is 6.18. The molecule has 1 amide bonds. The van der Waals surface area contributed by atoms with E-state index in [4.69, 9.17) is 0 Å². The van der Waals surface area contributed by atoms with Crippen molar-refractivity contribution in [3.63, 3.8) is 0 Å². The third-order valence-corrected chi connectivity index (χ3v) is 5.21. The average molecular weight is 287 g/mol. The molecule has 3 nitrogen and oxygen atoms in total. The van der Waals surface area contributed by atoms with Crippen molar-refractivity contribution < 1.29 is 9.90 Å². The highest BCUT2D eigenvalue weighted by Gasteiger charge is 2.34. The molecule has 1 N–H and O–H groups in total. The van der Waals surface area contributed by atoms with E-state index in [0.29, 0.717) is 0 Å². The van der Waals surface area contributed by atoms with Crippen molar-refractivity contribution in [2.75, 3.05) is 7.05 Å². The smallest absolute Gasteiger partial charge is 0.230 e. The van der Waals surface area contributed by atoms with Gasteiger partial charge in [0.15, 0.2) is 0 Å². The van der Waals surface area contributed by atoms with Crippen LogP contribution in [0.1, 0.15) is 55.6 Å². The van der Waals surface area contributed by atoms with Gasteiger partial charge in [-0.2, -0.15) is 0 Å². The van der Waals surface area contributed by atoms with E-state index < -0.39 is 0 Å². The highest BCUT2D eigenvalue weighted by Crippen LogP contribution is 2.34. The van der Waals surface area contributed by atoms with Crippen LogP contribution in [0.15, 0.2) is 24.3 Å². The number of benzene rings is 1. The summed E-state index contributed by atoms with van der Waals surface area (Å²) in [5, 5.41) is 10.2. The maximum Gasteiger partial charge on any atom is 0.230 e. The molecule has 0 heterocycles. The monoisotopic (exact) mass is 287 g/mol. The summed E-state index contributed by atoms with van der Waals surface area (Å²) in [6.07, 6.45) is 6.67. The SMILES string of the molecule is CN(C(=O)C1CCCc2ccccc21)C1CCCCC1O. The molecule has 0 radical (unpaired) electrons. The molecule has 1 saturated carbocycles. The Labute approximate surface area is 127 Å². The van der Waals surface area contributed by atoms with Crippen LogP contribution in [0, 0.1) is 0 Å². The maximum atomic E-state index is 12.9. The van der Waals surface area contributed by atoms with E-state index in [0.717, 1.165) is 44.9 Å². The molecule has 0 aromatic heterocycles. The highest BCUT2D eigenvalue weighted by atomic mass is 16.3. The minimum absolute atomic E-state index is 0.000314. The maximum absolute atomic E-state index is 12.9. The van der Waals surface area contributed by atoms with Gasteiger partial charge in [0.2, 0.25) is 5.91 Å². The van der Waals surface area contributed by atoms with Crippen molar-refractivity contribution in [1.29, 1.82) is 0 Å². The van der Waals surface area contributed by atoms with Gasteiger partial charge in [-0.25, -0.2) is 0 Å². The Hall–Kier alpha value is -1.35. The molecule has 21 heavy (non-hydrogen) atoms. The average Bonchev–Trinajstić information content (AvgIpc) is 2.53. The van der Waals surface area contributed by atoms with Crippen molar-refractivity contribution in [2.45, 2.75) is 63.0 Å². The lowest BCUT2D eigenvalue weighted by Crippen LogP contribution is -2.48. The Morgan fingerprint density at radius 2 is 1.90 bits per heavy atom. The zero-order valence-corrected chi connectivity index (χ0v) is 12.8. The van der Waals surface area contributed by atoms with Gasteiger partial charge >= 0.3 is 0 Å². The summed E-state index contributed by atoms with van der Waals surface area (Å²) in [5.74, 6) is 0.169. The van der Waals surface area contributed by atoms with E-state index in [1.165, 1.54) is 11.1 Å². The van der Waals surface area contributed by atoms with Crippen molar-refractivity contribution in [2.24, 2.45) is 0 Å². The van der Waals surface area contributed by atoms with Crippen LogP contribution in [0.4, 0.5) is 0 Å². The normalized spacial score (nSPS) is 28.8. The number of carbonyl (C=O) groups excluding carboxylic acids is 1. The number of aryl methyl sites for hydroxylation is 1. The fourth-order valence-corrected chi connectivity index (χ4v) is 3.96. The lowest BCUT2D eigenvalue weighted by molar-refractivity contribution is -0.137. The quantitative estimate of drug-likeness (QED) is 0.908. The fraction of sp³-hybridized carbons (Fsp3) is 0.611. The van der Waals surface area contributed by atoms with E-state index in [1.54, 1.807) is 0 Å². The molecule has 3 heteroatoms. The van der Waals surface area contributed by atoms with Crippen LogP contribution in [0.5, 0.6) is 0 Å². The third kappa shape index (κ3) is 2.84. The molecule has 1 aromatic carbocycles. The molecule has 3 atom stereocenters. The number of nitrogens with zero attached hydrogens (tertiary/aromatic N) is 1. The summed E-state index contributed by atoms with van der Waals surface area (Å²) >= 11 is 0. The van der Waals surface area contributed by atoms with Gasteiger partial charge in [-0.1, -0.05) is 37.1 Å².